The molecule has 4 nitrogen and oxygen atoms in total. The van der Waals surface area contributed by atoms with Crippen LogP contribution >= 0.6 is 0 Å². The Morgan fingerprint density at radius 3 is 2.69 bits per heavy atom. The van der Waals surface area contributed by atoms with E-state index in [0.29, 0.717) is 6.42 Å². The van der Waals surface area contributed by atoms with Gasteiger partial charge in [0.2, 0.25) is 5.91 Å². The molecule has 0 aliphatic heterocycles. The van der Waals surface area contributed by atoms with Crippen LogP contribution in [0.25, 0.3) is 0 Å². The first-order valence-corrected chi connectivity index (χ1v) is 5.00. The van der Waals surface area contributed by atoms with Crippen LogP contribution in [0.3, 0.4) is 0 Å². The molecule has 0 saturated carbocycles. The van der Waals surface area contributed by atoms with Crippen molar-refractivity contribution < 1.29 is 9.32 Å². The molecule has 0 spiro atoms. The van der Waals surface area contributed by atoms with Gasteiger partial charge in [0.1, 0.15) is 6.26 Å². The predicted molar refractivity (Wildman–Crippen MR) is 58.6 cm³/mol. The van der Waals surface area contributed by atoms with Crippen molar-refractivity contribution in [2.75, 3.05) is 0 Å². The summed E-state index contributed by atoms with van der Waals surface area (Å²) in [4.78, 5) is 11.4. The van der Waals surface area contributed by atoms with Gasteiger partial charge in [0.05, 0.1) is 12.1 Å². The molecule has 1 unspecified atom stereocenters. The zero-order valence-corrected chi connectivity index (χ0v) is 8.67. The molecule has 1 aromatic carbocycles. The molecule has 0 radical (unpaired) electrons. The van der Waals surface area contributed by atoms with Crippen LogP contribution in [-0.4, -0.2) is 11.1 Å². The first-order chi connectivity index (χ1) is 7.77. The predicted octanol–water partition coefficient (Wildman–Crippen LogP) is 1.49. The third-order valence-electron chi connectivity index (χ3n) is 2.48. The second kappa shape index (κ2) is 4.61. The highest BCUT2D eigenvalue weighted by Crippen LogP contribution is 2.19. The summed E-state index contributed by atoms with van der Waals surface area (Å²) in [7, 11) is 0. The maximum Gasteiger partial charge on any atom is 0.225 e. The zero-order chi connectivity index (χ0) is 11.4. The number of benzene rings is 1. The molecule has 0 bridgehead atoms. The molecule has 2 N–H and O–H groups in total. The molecule has 82 valence electrons. The Bertz CT molecular complexity index is 451. The van der Waals surface area contributed by atoms with Crippen molar-refractivity contribution >= 4 is 5.91 Å². The van der Waals surface area contributed by atoms with Crippen molar-refractivity contribution in [1.82, 2.24) is 5.16 Å². The average molecular weight is 216 g/mol. The molecule has 16 heavy (non-hydrogen) atoms. The van der Waals surface area contributed by atoms with Crippen molar-refractivity contribution in [3.63, 3.8) is 0 Å². The molecule has 1 heterocycles. The maximum atomic E-state index is 11.4. The number of primary amides is 1. The summed E-state index contributed by atoms with van der Waals surface area (Å²) in [5, 5.41) is 3.58. The van der Waals surface area contributed by atoms with Crippen LogP contribution in [0.2, 0.25) is 0 Å². The van der Waals surface area contributed by atoms with Gasteiger partial charge in [-0.25, -0.2) is 0 Å². The van der Waals surface area contributed by atoms with E-state index in [4.69, 9.17) is 10.3 Å². The lowest BCUT2D eigenvalue weighted by atomic mass is 9.94. The van der Waals surface area contributed by atoms with Gasteiger partial charge in [-0.1, -0.05) is 35.5 Å². The Kier molecular flexibility index (Phi) is 3.00. The third-order valence-corrected chi connectivity index (χ3v) is 2.48. The van der Waals surface area contributed by atoms with Crippen LogP contribution in [0.5, 0.6) is 0 Å². The van der Waals surface area contributed by atoms with E-state index < -0.39 is 0 Å². The molecule has 2 aromatic rings. The fourth-order valence-electron chi connectivity index (χ4n) is 1.62. The van der Waals surface area contributed by atoms with Crippen LogP contribution in [0, 0.1) is 0 Å². The molecule has 0 saturated heterocycles. The van der Waals surface area contributed by atoms with E-state index in [1.807, 2.05) is 30.3 Å². The van der Waals surface area contributed by atoms with Crippen molar-refractivity contribution in [2.45, 2.75) is 12.3 Å². The molecular weight excluding hydrogens is 204 g/mol. The summed E-state index contributed by atoms with van der Waals surface area (Å²) in [6, 6.07) is 9.72. The van der Waals surface area contributed by atoms with E-state index in [0.717, 1.165) is 11.1 Å². The van der Waals surface area contributed by atoms with Crippen molar-refractivity contribution in [1.29, 1.82) is 0 Å². The first kappa shape index (κ1) is 10.4. The van der Waals surface area contributed by atoms with Gasteiger partial charge in [-0.05, 0) is 12.0 Å². The number of aromatic nitrogens is 1. The number of hydrogen-bond acceptors (Lipinski definition) is 3. The minimum absolute atomic E-state index is 0.368. The maximum absolute atomic E-state index is 11.4. The van der Waals surface area contributed by atoms with Gasteiger partial charge in [-0.3, -0.25) is 4.79 Å². The number of carbonyl (C=O) groups is 1. The molecule has 4 heteroatoms. The summed E-state index contributed by atoms with van der Waals surface area (Å²) in [5.41, 5.74) is 7.15. The second-order valence-corrected chi connectivity index (χ2v) is 3.60. The van der Waals surface area contributed by atoms with E-state index in [1.54, 1.807) is 0 Å². The smallest absolute Gasteiger partial charge is 0.225 e. The summed E-state index contributed by atoms with van der Waals surface area (Å²) in [5.74, 6) is -0.749. The monoisotopic (exact) mass is 216 g/mol. The fourth-order valence-corrected chi connectivity index (χ4v) is 1.62. The second-order valence-electron chi connectivity index (χ2n) is 3.60. The standard InChI is InChI=1S/C12H12N2O2/c13-12(15)11(10-7-14-16-8-10)6-9-4-2-1-3-5-9/h1-5,7-8,11H,6H2,(H2,13,15). The van der Waals surface area contributed by atoms with E-state index in [2.05, 4.69) is 5.16 Å². The minimum atomic E-state index is -0.381. The van der Waals surface area contributed by atoms with Crippen molar-refractivity contribution in [2.24, 2.45) is 5.73 Å². The van der Waals surface area contributed by atoms with E-state index in [9.17, 15) is 4.79 Å². The van der Waals surface area contributed by atoms with Crippen LogP contribution in [0.1, 0.15) is 17.0 Å². The Balaban J connectivity index is 2.19. The first-order valence-electron chi connectivity index (χ1n) is 5.00. The Morgan fingerprint density at radius 2 is 2.12 bits per heavy atom. The average Bonchev–Trinajstić information content (AvgIpc) is 2.80. The Hall–Kier alpha value is -2.10. The van der Waals surface area contributed by atoms with Crippen LogP contribution < -0.4 is 5.73 Å². The highest BCUT2D eigenvalue weighted by Gasteiger charge is 2.19. The SMILES string of the molecule is NC(=O)C(Cc1ccccc1)c1cnoc1. The summed E-state index contributed by atoms with van der Waals surface area (Å²) in [6.07, 6.45) is 3.55. The fraction of sp³-hybridized carbons (Fsp3) is 0.167. The normalized spacial score (nSPS) is 12.2. The van der Waals surface area contributed by atoms with E-state index in [1.165, 1.54) is 12.5 Å². The molecule has 0 aliphatic rings. The Labute approximate surface area is 93.1 Å². The molecule has 1 aromatic heterocycles. The number of nitrogens with zero attached hydrogens (tertiary/aromatic N) is 1. The van der Waals surface area contributed by atoms with Crippen molar-refractivity contribution in [3.05, 3.63) is 53.9 Å². The molecular formula is C12H12N2O2. The van der Waals surface area contributed by atoms with Gasteiger partial charge in [-0.15, -0.1) is 0 Å². The lowest BCUT2D eigenvalue weighted by molar-refractivity contribution is -0.119. The molecule has 1 amide bonds. The van der Waals surface area contributed by atoms with Crippen LogP contribution in [-0.2, 0) is 11.2 Å². The topological polar surface area (TPSA) is 69.1 Å². The van der Waals surface area contributed by atoms with E-state index in [-0.39, 0.29) is 11.8 Å². The summed E-state index contributed by atoms with van der Waals surface area (Å²) in [6.45, 7) is 0. The van der Waals surface area contributed by atoms with Crippen molar-refractivity contribution in [3.8, 4) is 0 Å². The van der Waals surface area contributed by atoms with E-state index >= 15 is 0 Å². The number of carbonyl (C=O) groups excluding carboxylic acids is 1. The van der Waals surface area contributed by atoms with Gasteiger partial charge in [-0.2, -0.15) is 0 Å². The highest BCUT2D eigenvalue weighted by atomic mass is 16.5. The highest BCUT2D eigenvalue weighted by molar-refractivity contribution is 5.82. The number of hydrogen-bond donors (Lipinski definition) is 1. The quantitative estimate of drug-likeness (QED) is 0.841. The van der Waals surface area contributed by atoms with Crippen LogP contribution in [0.15, 0.2) is 47.3 Å². The summed E-state index contributed by atoms with van der Waals surface area (Å²) >= 11 is 0. The number of amides is 1. The van der Waals surface area contributed by atoms with Gasteiger partial charge in [0.25, 0.3) is 0 Å². The van der Waals surface area contributed by atoms with Gasteiger partial charge >= 0.3 is 0 Å². The lowest BCUT2D eigenvalue weighted by Gasteiger charge is -2.10. The lowest BCUT2D eigenvalue weighted by Crippen LogP contribution is -2.22. The number of nitrogens with two attached hydrogens (primary N) is 1. The Morgan fingerprint density at radius 1 is 1.38 bits per heavy atom. The van der Waals surface area contributed by atoms with Crippen LogP contribution in [0.4, 0.5) is 0 Å². The zero-order valence-electron chi connectivity index (χ0n) is 8.67. The number of rotatable bonds is 4. The summed E-state index contributed by atoms with van der Waals surface area (Å²) < 4.78 is 4.73. The third kappa shape index (κ3) is 2.28. The minimum Gasteiger partial charge on any atom is -0.369 e. The van der Waals surface area contributed by atoms with Gasteiger partial charge < -0.3 is 10.3 Å². The molecule has 1 atom stereocenters. The van der Waals surface area contributed by atoms with Gasteiger partial charge in [0.15, 0.2) is 0 Å². The van der Waals surface area contributed by atoms with Gasteiger partial charge in [0, 0.05) is 5.56 Å². The molecule has 0 aliphatic carbocycles. The largest absolute Gasteiger partial charge is 0.369 e. The molecule has 2 rings (SSSR count). The molecule has 0 fully saturated rings.